The summed E-state index contributed by atoms with van der Waals surface area (Å²) in [5.74, 6) is -1.33. The molecular formula is C20H22F2N2O3. The lowest BCUT2D eigenvalue weighted by atomic mass is 10.0. The molecule has 1 aromatic carbocycles. The Balaban J connectivity index is 1.88. The van der Waals surface area contributed by atoms with Gasteiger partial charge in [0, 0.05) is 11.9 Å². The minimum atomic E-state index is -0.895. The van der Waals surface area contributed by atoms with Crippen molar-refractivity contribution >= 4 is 5.97 Å². The molecule has 0 spiro atoms. The van der Waals surface area contributed by atoms with Crippen LogP contribution in [-0.2, 0) is 20.9 Å². The Labute approximate surface area is 156 Å². The Morgan fingerprint density at radius 3 is 2.56 bits per heavy atom. The van der Waals surface area contributed by atoms with Crippen LogP contribution in [-0.4, -0.2) is 23.1 Å². The molecule has 5 nitrogen and oxygen atoms in total. The van der Waals surface area contributed by atoms with Gasteiger partial charge in [-0.25, -0.2) is 13.6 Å². The fourth-order valence-electron chi connectivity index (χ4n) is 3.30. The average Bonchev–Trinajstić information content (AvgIpc) is 2.85. The maximum atomic E-state index is 13.9. The summed E-state index contributed by atoms with van der Waals surface area (Å²) in [5, 5.41) is 3.24. The van der Waals surface area contributed by atoms with Crippen LogP contribution in [0.4, 0.5) is 8.78 Å². The molecule has 0 aromatic heterocycles. The number of hydrogen-bond donors (Lipinski definition) is 1. The molecule has 0 saturated carbocycles. The second-order valence-electron chi connectivity index (χ2n) is 6.63. The van der Waals surface area contributed by atoms with Gasteiger partial charge in [-0.05, 0) is 51.5 Å². The van der Waals surface area contributed by atoms with Gasteiger partial charge >= 0.3 is 5.97 Å². The highest BCUT2D eigenvalue weighted by molar-refractivity contribution is 5.90. The molecular weight excluding hydrogens is 354 g/mol. The minimum absolute atomic E-state index is 0.144. The SMILES string of the molecule is CCOC(=O)C1=C(C)NC2(C)C(OCc3c(F)cccc3F)=CC(C)=CN12. The first-order chi connectivity index (χ1) is 12.8. The van der Waals surface area contributed by atoms with Crippen molar-refractivity contribution in [3.8, 4) is 0 Å². The predicted octanol–water partition coefficient (Wildman–Crippen LogP) is 3.70. The van der Waals surface area contributed by atoms with Gasteiger partial charge in [0.1, 0.15) is 29.7 Å². The molecule has 0 bridgehead atoms. The molecule has 0 radical (unpaired) electrons. The second kappa shape index (κ2) is 7.06. The highest BCUT2D eigenvalue weighted by Crippen LogP contribution is 2.39. The van der Waals surface area contributed by atoms with Gasteiger partial charge in [-0.3, -0.25) is 0 Å². The molecule has 2 aliphatic heterocycles. The Bertz CT molecular complexity index is 856. The normalized spacial score (nSPS) is 21.3. The van der Waals surface area contributed by atoms with Crippen LogP contribution < -0.4 is 5.32 Å². The van der Waals surface area contributed by atoms with Crippen molar-refractivity contribution in [3.05, 3.63) is 70.4 Å². The fourth-order valence-corrected chi connectivity index (χ4v) is 3.30. The van der Waals surface area contributed by atoms with Crippen LogP contribution in [0.5, 0.6) is 0 Å². The number of ether oxygens (including phenoxy) is 2. The lowest BCUT2D eigenvalue weighted by Gasteiger charge is -2.40. The van der Waals surface area contributed by atoms with E-state index in [1.807, 2.05) is 20.0 Å². The standard InChI is InChI=1S/C20H22F2N2O3/c1-5-26-19(25)18-13(3)23-20(4)17(9-12(2)10-24(18)20)27-11-14-15(21)7-6-8-16(14)22/h6-10,23H,5,11H2,1-4H3. The van der Waals surface area contributed by atoms with Crippen LogP contribution in [0.15, 0.2) is 53.2 Å². The summed E-state index contributed by atoms with van der Waals surface area (Å²) in [6, 6.07) is 3.69. The highest BCUT2D eigenvalue weighted by Gasteiger charge is 2.47. The quantitative estimate of drug-likeness (QED) is 0.794. The smallest absolute Gasteiger partial charge is 0.356 e. The number of hydrogen-bond acceptors (Lipinski definition) is 5. The van der Waals surface area contributed by atoms with Crippen LogP contribution in [0.3, 0.4) is 0 Å². The number of fused-ring (bicyclic) bond motifs is 1. The molecule has 0 amide bonds. The van der Waals surface area contributed by atoms with Crippen molar-refractivity contribution in [2.24, 2.45) is 0 Å². The first kappa shape index (κ1) is 18.9. The largest absolute Gasteiger partial charge is 0.488 e. The molecule has 1 unspecified atom stereocenters. The topological polar surface area (TPSA) is 50.8 Å². The number of rotatable bonds is 5. The molecule has 2 aliphatic rings. The molecule has 3 rings (SSSR count). The number of carbonyl (C=O) groups excluding carboxylic acids is 1. The van der Waals surface area contributed by atoms with Crippen molar-refractivity contribution in [1.82, 2.24) is 10.2 Å². The monoisotopic (exact) mass is 376 g/mol. The second-order valence-corrected chi connectivity index (χ2v) is 6.63. The van der Waals surface area contributed by atoms with E-state index in [1.54, 1.807) is 24.8 Å². The zero-order chi connectivity index (χ0) is 19.8. The summed E-state index contributed by atoms with van der Waals surface area (Å²) in [7, 11) is 0. The van der Waals surface area contributed by atoms with E-state index < -0.39 is 23.3 Å². The van der Waals surface area contributed by atoms with Gasteiger partial charge in [-0.15, -0.1) is 0 Å². The Morgan fingerprint density at radius 2 is 1.93 bits per heavy atom. The Morgan fingerprint density at radius 1 is 1.26 bits per heavy atom. The fraction of sp³-hybridized carbons (Fsp3) is 0.350. The lowest BCUT2D eigenvalue weighted by Crippen LogP contribution is -2.52. The molecule has 0 fully saturated rings. The molecule has 27 heavy (non-hydrogen) atoms. The summed E-state index contributed by atoms with van der Waals surface area (Å²) in [6.07, 6.45) is 3.59. The van der Waals surface area contributed by atoms with E-state index in [9.17, 15) is 13.6 Å². The number of esters is 1. The number of benzene rings is 1. The zero-order valence-electron chi connectivity index (χ0n) is 15.7. The van der Waals surface area contributed by atoms with Crippen molar-refractivity contribution in [2.45, 2.75) is 40.0 Å². The van der Waals surface area contributed by atoms with E-state index in [2.05, 4.69) is 5.32 Å². The Hall–Kier alpha value is -2.83. The van der Waals surface area contributed by atoms with Crippen molar-refractivity contribution in [2.75, 3.05) is 6.61 Å². The van der Waals surface area contributed by atoms with Crippen molar-refractivity contribution in [1.29, 1.82) is 0 Å². The number of nitrogens with one attached hydrogen (secondary N) is 1. The molecule has 1 aromatic rings. The molecule has 1 atom stereocenters. The summed E-state index contributed by atoms with van der Waals surface area (Å²) in [4.78, 5) is 14.1. The lowest BCUT2D eigenvalue weighted by molar-refractivity contribution is -0.140. The molecule has 0 saturated heterocycles. The van der Waals surface area contributed by atoms with Crippen LogP contribution in [0, 0.1) is 11.6 Å². The van der Waals surface area contributed by atoms with Crippen LogP contribution in [0.2, 0.25) is 0 Å². The van der Waals surface area contributed by atoms with E-state index in [0.717, 1.165) is 5.57 Å². The van der Waals surface area contributed by atoms with E-state index in [0.29, 0.717) is 17.2 Å². The van der Waals surface area contributed by atoms with Crippen molar-refractivity contribution < 1.29 is 23.0 Å². The van der Waals surface area contributed by atoms with E-state index in [4.69, 9.17) is 9.47 Å². The van der Waals surface area contributed by atoms with Crippen LogP contribution in [0.25, 0.3) is 0 Å². The molecule has 0 aliphatic carbocycles. The van der Waals surface area contributed by atoms with E-state index in [-0.39, 0.29) is 18.8 Å². The number of allylic oxidation sites excluding steroid dienone is 3. The van der Waals surface area contributed by atoms with Gasteiger partial charge in [-0.1, -0.05) is 6.07 Å². The summed E-state index contributed by atoms with van der Waals surface area (Å²) < 4.78 is 38.8. The van der Waals surface area contributed by atoms with E-state index >= 15 is 0 Å². The van der Waals surface area contributed by atoms with Crippen LogP contribution in [0.1, 0.15) is 33.3 Å². The zero-order valence-corrected chi connectivity index (χ0v) is 15.7. The molecule has 1 N–H and O–H groups in total. The molecule has 2 heterocycles. The molecule has 144 valence electrons. The number of halogens is 2. The summed E-state index contributed by atoms with van der Waals surface area (Å²) in [5.41, 5.74) is 0.801. The van der Waals surface area contributed by atoms with Crippen molar-refractivity contribution in [3.63, 3.8) is 0 Å². The summed E-state index contributed by atoms with van der Waals surface area (Å²) in [6.45, 7) is 7.18. The number of carbonyl (C=O) groups is 1. The van der Waals surface area contributed by atoms with E-state index in [1.165, 1.54) is 18.2 Å². The van der Waals surface area contributed by atoms with Gasteiger partial charge in [0.2, 0.25) is 0 Å². The van der Waals surface area contributed by atoms with Crippen LogP contribution >= 0.6 is 0 Å². The maximum Gasteiger partial charge on any atom is 0.356 e. The third kappa shape index (κ3) is 3.29. The summed E-state index contributed by atoms with van der Waals surface area (Å²) >= 11 is 0. The predicted molar refractivity (Wildman–Crippen MR) is 95.7 cm³/mol. The minimum Gasteiger partial charge on any atom is -0.488 e. The van der Waals surface area contributed by atoms with Gasteiger partial charge in [0.15, 0.2) is 5.66 Å². The van der Waals surface area contributed by atoms with Gasteiger partial charge in [-0.2, -0.15) is 0 Å². The van der Waals surface area contributed by atoms with Gasteiger partial charge in [0.25, 0.3) is 0 Å². The average molecular weight is 376 g/mol. The number of nitrogens with zero attached hydrogens (tertiary/aromatic N) is 1. The maximum absolute atomic E-state index is 13.9. The third-order valence-electron chi connectivity index (χ3n) is 4.58. The highest BCUT2D eigenvalue weighted by atomic mass is 19.1. The molecule has 7 heteroatoms. The Kier molecular flexibility index (Phi) is 4.95. The third-order valence-corrected chi connectivity index (χ3v) is 4.58. The first-order valence-corrected chi connectivity index (χ1v) is 8.69. The van der Waals surface area contributed by atoms with Gasteiger partial charge < -0.3 is 19.7 Å². The van der Waals surface area contributed by atoms with Gasteiger partial charge in [0.05, 0.1) is 12.2 Å². The first-order valence-electron chi connectivity index (χ1n) is 8.69.